The molecule has 90 valence electrons. The van der Waals surface area contributed by atoms with E-state index in [4.69, 9.17) is 0 Å². The zero-order valence-electron chi connectivity index (χ0n) is 8.58. The molecular weight excluding hydrogens is 236 g/mol. The summed E-state index contributed by atoms with van der Waals surface area (Å²) in [6.07, 6.45) is -0.0452. The van der Waals surface area contributed by atoms with E-state index in [9.17, 15) is 17.6 Å². The van der Waals surface area contributed by atoms with Crippen molar-refractivity contribution in [2.75, 3.05) is 0 Å². The zero-order valence-corrected chi connectivity index (χ0v) is 8.58. The van der Waals surface area contributed by atoms with Crippen molar-refractivity contribution < 1.29 is 17.6 Å². The first kappa shape index (κ1) is 11.6. The summed E-state index contributed by atoms with van der Waals surface area (Å²) in [5.74, 6) is -1.26. The normalized spacial score (nSPS) is 11.8. The van der Waals surface area contributed by atoms with Crippen molar-refractivity contribution in [1.82, 2.24) is 9.55 Å². The fourth-order valence-electron chi connectivity index (χ4n) is 1.48. The van der Waals surface area contributed by atoms with Crippen LogP contribution < -0.4 is 0 Å². The molecule has 0 saturated carbocycles. The molecule has 2 nitrogen and oxygen atoms in total. The largest absolute Gasteiger partial charge is 0.419 e. The summed E-state index contributed by atoms with van der Waals surface area (Å²) in [5, 5.41) is 0. The molecule has 0 atom stereocenters. The highest BCUT2D eigenvalue weighted by atomic mass is 19.4. The molecule has 0 aliphatic carbocycles. The lowest BCUT2D eigenvalue weighted by atomic mass is 10.1. The summed E-state index contributed by atoms with van der Waals surface area (Å²) in [7, 11) is 0. The van der Waals surface area contributed by atoms with E-state index in [0.717, 1.165) is 12.1 Å². The second-order valence-electron chi connectivity index (χ2n) is 3.55. The van der Waals surface area contributed by atoms with Gasteiger partial charge in [-0.2, -0.15) is 13.2 Å². The highest BCUT2D eigenvalue weighted by Gasteiger charge is 2.34. The van der Waals surface area contributed by atoms with E-state index in [1.54, 1.807) is 10.8 Å². The lowest BCUT2D eigenvalue weighted by molar-refractivity contribution is -0.140. The number of nitrogens with zero attached hydrogens (tertiary/aromatic N) is 2. The van der Waals surface area contributed by atoms with E-state index in [-0.39, 0.29) is 6.54 Å². The van der Waals surface area contributed by atoms with E-state index in [1.807, 2.05) is 0 Å². The zero-order chi connectivity index (χ0) is 12.5. The van der Waals surface area contributed by atoms with Crippen LogP contribution in [0.15, 0.2) is 36.9 Å². The Labute approximate surface area is 94.5 Å². The molecule has 0 fully saturated rings. The molecule has 0 unspecified atom stereocenters. The summed E-state index contributed by atoms with van der Waals surface area (Å²) < 4.78 is 52.0. The van der Waals surface area contributed by atoms with Gasteiger partial charge in [0.15, 0.2) is 0 Å². The topological polar surface area (TPSA) is 17.8 Å². The van der Waals surface area contributed by atoms with E-state index < -0.39 is 17.6 Å². The Hall–Kier alpha value is -1.85. The number of hydrogen-bond acceptors (Lipinski definition) is 1. The molecule has 2 aromatic rings. The first-order valence-electron chi connectivity index (χ1n) is 4.78. The maximum atomic E-state index is 13.0. The standard InChI is InChI=1S/C11H8F4N2/c12-10-2-1-8(5-9(10)11(13,14)15)6-17-4-3-16-7-17/h1-5,7H,6H2. The van der Waals surface area contributed by atoms with Crippen LogP contribution in [0, 0.1) is 5.82 Å². The van der Waals surface area contributed by atoms with Crippen molar-refractivity contribution in [3.05, 3.63) is 53.9 Å². The van der Waals surface area contributed by atoms with Crippen molar-refractivity contribution >= 4 is 0 Å². The van der Waals surface area contributed by atoms with Gasteiger partial charge in [0.2, 0.25) is 0 Å². The highest BCUT2D eigenvalue weighted by molar-refractivity contribution is 5.27. The molecule has 0 spiro atoms. The Kier molecular flexibility index (Phi) is 2.87. The van der Waals surface area contributed by atoms with Crippen LogP contribution in [0.1, 0.15) is 11.1 Å². The van der Waals surface area contributed by atoms with Crippen LogP contribution in [0.4, 0.5) is 17.6 Å². The molecule has 0 N–H and O–H groups in total. The number of aromatic nitrogens is 2. The van der Waals surface area contributed by atoms with E-state index in [2.05, 4.69) is 4.98 Å². The monoisotopic (exact) mass is 244 g/mol. The SMILES string of the molecule is Fc1ccc(Cn2ccnc2)cc1C(F)(F)F. The Morgan fingerprint density at radius 3 is 2.59 bits per heavy atom. The summed E-state index contributed by atoms with van der Waals surface area (Å²) in [4.78, 5) is 3.77. The van der Waals surface area contributed by atoms with Crippen LogP contribution in [0.5, 0.6) is 0 Å². The Balaban J connectivity index is 2.31. The van der Waals surface area contributed by atoms with Crippen LogP contribution in [0.25, 0.3) is 0 Å². The molecule has 0 saturated heterocycles. The Morgan fingerprint density at radius 2 is 2.00 bits per heavy atom. The molecular formula is C11H8F4N2. The molecule has 17 heavy (non-hydrogen) atoms. The Morgan fingerprint density at radius 1 is 1.24 bits per heavy atom. The van der Waals surface area contributed by atoms with Crippen molar-refractivity contribution in [3.8, 4) is 0 Å². The quantitative estimate of drug-likeness (QED) is 0.742. The van der Waals surface area contributed by atoms with Crippen LogP contribution >= 0.6 is 0 Å². The fourth-order valence-corrected chi connectivity index (χ4v) is 1.48. The third-order valence-corrected chi connectivity index (χ3v) is 2.26. The molecule has 0 aliphatic heterocycles. The molecule has 1 heterocycles. The Bertz CT molecular complexity index is 503. The first-order valence-corrected chi connectivity index (χ1v) is 4.78. The summed E-state index contributed by atoms with van der Waals surface area (Å²) in [6.45, 7) is 0.226. The molecule has 1 aromatic heterocycles. The molecule has 0 bridgehead atoms. The minimum atomic E-state index is -4.67. The third kappa shape index (κ3) is 2.64. The van der Waals surface area contributed by atoms with Gasteiger partial charge in [-0.1, -0.05) is 6.07 Å². The first-order chi connectivity index (χ1) is 7.97. The molecule has 0 amide bonds. The second-order valence-corrected chi connectivity index (χ2v) is 3.55. The maximum absolute atomic E-state index is 13.0. The minimum Gasteiger partial charge on any atom is -0.333 e. The van der Waals surface area contributed by atoms with Gasteiger partial charge in [-0.05, 0) is 17.7 Å². The third-order valence-electron chi connectivity index (χ3n) is 2.26. The van der Waals surface area contributed by atoms with Gasteiger partial charge in [-0.25, -0.2) is 9.37 Å². The summed E-state index contributed by atoms with van der Waals surface area (Å²) in [6, 6.07) is 2.97. The summed E-state index contributed by atoms with van der Waals surface area (Å²) in [5.41, 5.74) is -0.869. The number of benzene rings is 1. The molecule has 6 heteroatoms. The van der Waals surface area contributed by atoms with Gasteiger partial charge >= 0.3 is 6.18 Å². The molecule has 1 aromatic carbocycles. The fraction of sp³-hybridized carbons (Fsp3) is 0.182. The number of rotatable bonds is 2. The molecule has 2 rings (SSSR count). The number of hydrogen-bond donors (Lipinski definition) is 0. The van der Waals surface area contributed by atoms with Crippen molar-refractivity contribution in [3.63, 3.8) is 0 Å². The minimum absolute atomic E-state index is 0.226. The van der Waals surface area contributed by atoms with Gasteiger partial charge in [0.25, 0.3) is 0 Å². The van der Waals surface area contributed by atoms with Crippen molar-refractivity contribution in [2.45, 2.75) is 12.7 Å². The van der Waals surface area contributed by atoms with E-state index >= 15 is 0 Å². The van der Waals surface area contributed by atoms with Gasteiger partial charge in [0, 0.05) is 18.9 Å². The predicted molar refractivity (Wildman–Crippen MR) is 52.7 cm³/mol. The number of imidazole rings is 1. The number of halogens is 4. The molecule has 0 radical (unpaired) electrons. The van der Waals surface area contributed by atoms with E-state index in [1.165, 1.54) is 18.6 Å². The predicted octanol–water partition coefficient (Wildman–Crippen LogP) is 3.09. The highest BCUT2D eigenvalue weighted by Crippen LogP contribution is 2.31. The summed E-state index contributed by atoms with van der Waals surface area (Å²) >= 11 is 0. The van der Waals surface area contributed by atoms with Gasteiger partial charge in [-0.15, -0.1) is 0 Å². The van der Waals surface area contributed by atoms with Crippen LogP contribution in [-0.4, -0.2) is 9.55 Å². The van der Waals surface area contributed by atoms with Crippen LogP contribution in [0.2, 0.25) is 0 Å². The van der Waals surface area contributed by atoms with Crippen molar-refractivity contribution in [2.24, 2.45) is 0 Å². The van der Waals surface area contributed by atoms with Gasteiger partial charge in [0.05, 0.1) is 11.9 Å². The van der Waals surface area contributed by atoms with Crippen molar-refractivity contribution in [1.29, 1.82) is 0 Å². The number of alkyl halides is 3. The smallest absolute Gasteiger partial charge is 0.333 e. The van der Waals surface area contributed by atoms with Crippen LogP contribution in [-0.2, 0) is 12.7 Å². The van der Waals surface area contributed by atoms with Crippen LogP contribution in [0.3, 0.4) is 0 Å². The lowest BCUT2D eigenvalue weighted by Crippen LogP contribution is -2.09. The van der Waals surface area contributed by atoms with Gasteiger partial charge < -0.3 is 4.57 Å². The second kappa shape index (κ2) is 4.20. The van der Waals surface area contributed by atoms with Gasteiger partial charge in [-0.3, -0.25) is 0 Å². The lowest BCUT2D eigenvalue weighted by Gasteiger charge is -2.10. The van der Waals surface area contributed by atoms with E-state index in [0.29, 0.717) is 5.56 Å². The average molecular weight is 244 g/mol. The van der Waals surface area contributed by atoms with Gasteiger partial charge in [0.1, 0.15) is 5.82 Å². The maximum Gasteiger partial charge on any atom is 0.419 e. The average Bonchev–Trinajstić information content (AvgIpc) is 2.72. The molecule has 0 aliphatic rings.